The van der Waals surface area contributed by atoms with Crippen LogP contribution in [0.5, 0.6) is 0 Å². The highest BCUT2D eigenvalue weighted by Gasteiger charge is 2.44. The number of fused-ring (bicyclic) bond motifs is 3. The molecule has 3 fully saturated rings. The van der Waals surface area contributed by atoms with Gasteiger partial charge >= 0.3 is 7.82 Å². The topological polar surface area (TPSA) is 85.2 Å². The van der Waals surface area contributed by atoms with Gasteiger partial charge in [-0.2, -0.15) is 0 Å². The summed E-state index contributed by atoms with van der Waals surface area (Å²) in [6.07, 6.45) is 27.0. The Kier molecular flexibility index (Phi) is 22.0. The fourth-order valence-corrected chi connectivity index (χ4v) is 7.99. The molecule has 0 saturated carbocycles. The minimum Gasteiger partial charge on any atom is -0.387 e. The van der Waals surface area contributed by atoms with E-state index in [9.17, 15) is 14.6 Å². The molecule has 256 valence electrons. The number of phosphoric acid groups is 1. The fourth-order valence-electron chi connectivity index (χ4n) is 7.15. The van der Waals surface area contributed by atoms with E-state index in [2.05, 4.69) is 13.8 Å². The van der Waals surface area contributed by atoms with Crippen LogP contribution >= 0.6 is 7.82 Å². The van der Waals surface area contributed by atoms with E-state index in [1.807, 2.05) is 0 Å². The number of quaternary nitrogens is 1. The van der Waals surface area contributed by atoms with Crippen LogP contribution in [0.3, 0.4) is 0 Å². The molecular formula is C35H71NO6P+. The van der Waals surface area contributed by atoms with Crippen molar-refractivity contribution in [2.45, 2.75) is 161 Å². The molecule has 3 aliphatic heterocycles. The molecule has 2 bridgehead atoms. The third kappa shape index (κ3) is 18.7. The van der Waals surface area contributed by atoms with Crippen LogP contribution in [0.2, 0.25) is 0 Å². The number of ether oxygens (including phenoxy) is 1. The second-order valence-electron chi connectivity index (χ2n) is 13.9. The molecule has 3 rings (SSSR count). The first kappa shape index (κ1) is 39.2. The second-order valence-corrected chi connectivity index (χ2v) is 15.4. The van der Waals surface area contributed by atoms with E-state index in [4.69, 9.17) is 13.8 Å². The Morgan fingerprint density at radius 2 is 1.23 bits per heavy atom. The van der Waals surface area contributed by atoms with Crippen LogP contribution in [0.4, 0.5) is 0 Å². The molecule has 0 spiro atoms. The number of hydrogen-bond donors (Lipinski definition) is 2. The molecule has 0 aromatic carbocycles. The monoisotopic (exact) mass is 633 g/mol. The quantitative estimate of drug-likeness (QED) is 0.0467. The number of rotatable bonds is 30. The molecule has 0 aromatic heterocycles. The molecule has 3 aliphatic rings. The molecular weight excluding hydrogens is 561 g/mol. The van der Waals surface area contributed by atoms with Crippen molar-refractivity contribution >= 4 is 7.82 Å². The number of aliphatic hydroxyl groups excluding tert-OH is 1. The Morgan fingerprint density at radius 3 is 1.79 bits per heavy atom. The van der Waals surface area contributed by atoms with Crippen molar-refractivity contribution in [1.82, 2.24) is 0 Å². The number of hydrogen-bond acceptors (Lipinski definition) is 5. The Labute approximate surface area is 266 Å². The van der Waals surface area contributed by atoms with E-state index in [0.29, 0.717) is 12.5 Å². The molecule has 0 aliphatic carbocycles. The SMILES string of the molecule is CCCCCCCCCCCCCCCCOCC(CCC)COP(=O)(O)OCCCCCC[N+]12CCC(CC1)C(O)C2. The highest BCUT2D eigenvalue weighted by Crippen LogP contribution is 2.44. The predicted molar refractivity (Wildman–Crippen MR) is 178 cm³/mol. The molecule has 43 heavy (non-hydrogen) atoms. The smallest absolute Gasteiger partial charge is 0.387 e. The van der Waals surface area contributed by atoms with Gasteiger partial charge in [-0.1, -0.05) is 110 Å². The number of phosphoric ester groups is 1. The van der Waals surface area contributed by atoms with Gasteiger partial charge in [0.25, 0.3) is 0 Å². The van der Waals surface area contributed by atoms with Gasteiger partial charge in [0.1, 0.15) is 12.6 Å². The number of unbranched alkanes of at least 4 members (excludes halogenated alkanes) is 16. The summed E-state index contributed by atoms with van der Waals surface area (Å²) in [5.74, 6) is 0.656. The van der Waals surface area contributed by atoms with Crippen LogP contribution in [0.1, 0.15) is 155 Å². The first-order chi connectivity index (χ1) is 20.9. The Balaban J connectivity index is 1.39. The minimum atomic E-state index is -4.03. The largest absolute Gasteiger partial charge is 0.472 e. The number of nitrogens with zero attached hydrogens (tertiary/aromatic N) is 1. The molecule has 3 unspecified atom stereocenters. The predicted octanol–water partition coefficient (Wildman–Crippen LogP) is 9.20. The molecule has 0 aromatic rings. The zero-order valence-electron chi connectivity index (χ0n) is 28.4. The molecule has 3 heterocycles. The van der Waals surface area contributed by atoms with Gasteiger partial charge in [0, 0.05) is 31.3 Å². The average molecular weight is 633 g/mol. The minimum absolute atomic E-state index is 0.105. The van der Waals surface area contributed by atoms with Crippen molar-refractivity contribution in [3.8, 4) is 0 Å². The van der Waals surface area contributed by atoms with Gasteiger partial charge in [-0.05, 0) is 32.1 Å². The Hall–Kier alpha value is -0.0100. The van der Waals surface area contributed by atoms with Crippen LogP contribution in [0.15, 0.2) is 0 Å². The lowest BCUT2D eigenvalue weighted by molar-refractivity contribution is -0.946. The zero-order chi connectivity index (χ0) is 31.1. The Morgan fingerprint density at radius 1 is 0.698 bits per heavy atom. The zero-order valence-corrected chi connectivity index (χ0v) is 29.3. The molecule has 7 nitrogen and oxygen atoms in total. The summed E-state index contributed by atoms with van der Waals surface area (Å²) in [7, 11) is -4.03. The van der Waals surface area contributed by atoms with Gasteiger partial charge in [0.05, 0.1) is 39.5 Å². The molecule has 2 N–H and O–H groups in total. The number of aliphatic hydroxyl groups is 1. The lowest BCUT2D eigenvalue weighted by Crippen LogP contribution is -2.63. The normalized spacial score (nSPS) is 23.9. The third-order valence-electron chi connectivity index (χ3n) is 10.0. The van der Waals surface area contributed by atoms with E-state index in [-0.39, 0.29) is 25.2 Å². The van der Waals surface area contributed by atoms with E-state index in [1.165, 1.54) is 109 Å². The van der Waals surface area contributed by atoms with E-state index < -0.39 is 7.82 Å². The summed E-state index contributed by atoms with van der Waals surface area (Å²) in [5.41, 5.74) is 0. The maximum Gasteiger partial charge on any atom is 0.472 e. The standard InChI is InChI=1S/C35H70NO6P/c1-3-5-6-7-8-9-10-11-12-13-14-15-17-20-28-40-31-33(22-4-2)32-42-43(38,39)41-29-21-18-16-19-25-36-26-23-34(24-27-36)35(37)30-36/h33-35,37H,3-32H2,1-2H3/p+1. The first-order valence-electron chi connectivity index (χ1n) is 18.6. The molecule has 3 atom stereocenters. The summed E-state index contributed by atoms with van der Waals surface area (Å²) in [6, 6.07) is 0. The van der Waals surface area contributed by atoms with Gasteiger partial charge in [-0.15, -0.1) is 0 Å². The van der Waals surface area contributed by atoms with Gasteiger partial charge in [0.2, 0.25) is 0 Å². The summed E-state index contributed by atoms with van der Waals surface area (Å²) in [4.78, 5) is 10.2. The van der Waals surface area contributed by atoms with Crippen molar-refractivity contribution in [2.24, 2.45) is 11.8 Å². The lowest BCUT2D eigenvalue weighted by Gasteiger charge is -2.51. The van der Waals surface area contributed by atoms with Gasteiger partial charge in [-0.3, -0.25) is 9.05 Å². The summed E-state index contributed by atoms with van der Waals surface area (Å²) in [5, 5.41) is 10.3. The summed E-state index contributed by atoms with van der Waals surface area (Å²) >= 11 is 0. The maximum absolute atomic E-state index is 12.4. The van der Waals surface area contributed by atoms with E-state index >= 15 is 0 Å². The van der Waals surface area contributed by atoms with Crippen LogP contribution in [-0.4, -0.2) is 73.2 Å². The summed E-state index contributed by atoms with van der Waals surface area (Å²) in [6.45, 7) is 10.7. The molecule has 8 heteroatoms. The third-order valence-corrected chi connectivity index (χ3v) is 11.0. The van der Waals surface area contributed by atoms with E-state index in [0.717, 1.165) is 69.1 Å². The molecule has 3 saturated heterocycles. The van der Waals surface area contributed by atoms with Crippen LogP contribution < -0.4 is 0 Å². The van der Waals surface area contributed by atoms with E-state index in [1.54, 1.807) is 0 Å². The van der Waals surface area contributed by atoms with Crippen LogP contribution in [0.25, 0.3) is 0 Å². The average Bonchev–Trinajstić information content (AvgIpc) is 2.99. The Bertz CT molecular complexity index is 702. The maximum atomic E-state index is 12.4. The second kappa shape index (κ2) is 24.2. The van der Waals surface area contributed by atoms with Crippen LogP contribution in [-0.2, 0) is 18.3 Å². The van der Waals surface area contributed by atoms with Crippen molar-refractivity contribution in [2.75, 3.05) is 52.6 Å². The van der Waals surface area contributed by atoms with Gasteiger partial charge < -0.3 is 19.2 Å². The van der Waals surface area contributed by atoms with Crippen molar-refractivity contribution < 1.29 is 32.8 Å². The van der Waals surface area contributed by atoms with Crippen molar-refractivity contribution in [3.63, 3.8) is 0 Å². The van der Waals surface area contributed by atoms with Crippen LogP contribution in [0, 0.1) is 11.8 Å². The van der Waals surface area contributed by atoms with Crippen molar-refractivity contribution in [3.05, 3.63) is 0 Å². The summed E-state index contributed by atoms with van der Waals surface area (Å²) < 4.78 is 30.0. The highest BCUT2D eigenvalue weighted by atomic mass is 31.2. The fraction of sp³-hybridized carbons (Fsp3) is 1.00. The van der Waals surface area contributed by atoms with Crippen molar-refractivity contribution in [1.29, 1.82) is 0 Å². The molecule has 0 amide bonds. The highest BCUT2D eigenvalue weighted by molar-refractivity contribution is 7.47. The molecule has 0 radical (unpaired) electrons. The van der Waals surface area contributed by atoms with Gasteiger partial charge in [0.15, 0.2) is 0 Å². The number of piperidine rings is 3. The lowest BCUT2D eigenvalue weighted by atomic mass is 9.83. The van der Waals surface area contributed by atoms with Gasteiger partial charge in [-0.25, -0.2) is 4.57 Å². The first-order valence-corrected chi connectivity index (χ1v) is 20.1.